The normalized spacial score (nSPS) is 12.4. The maximum absolute atomic E-state index is 12.9. The lowest BCUT2D eigenvalue weighted by atomic mass is 9.92. The summed E-state index contributed by atoms with van der Waals surface area (Å²) in [6.45, 7) is 8.40. The Kier molecular flexibility index (Phi) is 7.44. The van der Waals surface area contributed by atoms with Crippen molar-refractivity contribution in [3.05, 3.63) is 51.8 Å². The van der Waals surface area contributed by atoms with E-state index in [0.717, 1.165) is 5.69 Å². The maximum atomic E-state index is 12.9. The Morgan fingerprint density at radius 1 is 1.12 bits per heavy atom. The molecule has 1 amide bonds. The standard InChI is InChI=1S/C22H28N8O2S/c1-12(6-14(31)18-13(8-24-5)19(23)29-11-28-18)21-25-9-15(33-21)20(32)30-17-7-16(22(2,3)4)26-10-27-17/h7,9-12,24H,6,8H2,1-5H3,(H2,23,28,29)(H,26,27,30,32). The monoisotopic (exact) mass is 468 g/mol. The Hall–Kier alpha value is -3.31. The molecule has 11 heteroatoms. The van der Waals surface area contributed by atoms with Crippen molar-refractivity contribution in [1.82, 2.24) is 30.2 Å². The number of nitrogen functional groups attached to an aromatic ring is 1. The molecule has 10 nitrogen and oxygen atoms in total. The van der Waals surface area contributed by atoms with Crippen LogP contribution in [0.15, 0.2) is 24.9 Å². The molecule has 174 valence electrons. The minimum absolute atomic E-state index is 0.154. The second-order valence-corrected chi connectivity index (χ2v) is 9.76. The van der Waals surface area contributed by atoms with Gasteiger partial charge >= 0.3 is 0 Å². The fraction of sp³-hybridized carbons (Fsp3) is 0.409. The molecule has 3 aromatic heterocycles. The Bertz CT molecular complexity index is 1160. The van der Waals surface area contributed by atoms with E-state index in [1.54, 1.807) is 13.1 Å². The van der Waals surface area contributed by atoms with Gasteiger partial charge < -0.3 is 16.4 Å². The zero-order valence-electron chi connectivity index (χ0n) is 19.3. The molecule has 0 aromatic carbocycles. The maximum Gasteiger partial charge on any atom is 0.268 e. The molecule has 0 radical (unpaired) electrons. The minimum Gasteiger partial charge on any atom is -0.383 e. The number of anilines is 2. The number of hydrogen-bond acceptors (Lipinski definition) is 10. The first-order chi connectivity index (χ1) is 15.6. The van der Waals surface area contributed by atoms with Crippen LogP contribution in [0.2, 0.25) is 0 Å². The number of carbonyl (C=O) groups excluding carboxylic acids is 2. The van der Waals surface area contributed by atoms with E-state index in [2.05, 4.69) is 35.6 Å². The van der Waals surface area contributed by atoms with Crippen molar-refractivity contribution in [2.75, 3.05) is 18.1 Å². The highest BCUT2D eigenvalue weighted by Gasteiger charge is 2.22. The number of carbonyl (C=O) groups is 2. The second-order valence-electron chi connectivity index (χ2n) is 8.70. The molecule has 0 bridgehead atoms. The fourth-order valence-corrected chi connectivity index (χ4v) is 3.98. The van der Waals surface area contributed by atoms with Crippen LogP contribution in [0.5, 0.6) is 0 Å². The molecule has 3 rings (SSSR count). The molecule has 0 fully saturated rings. The molecular weight excluding hydrogens is 440 g/mol. The SMILES string of the molecule is CNCc1c(N)ncnc1C(=O)CC(C)c1ncc(C(=O)Nc2cc(C(C)(C)C)ncn2)s1. The molecule has 0 aliphatic heterocycles. The van der Waals surface area contributed by atoms with Gasteiger partial charge in [0.05, 0.1) is 16.9 Å². The molecule has 0 spiro atoms. The average molecular weight is 469 g/mol. The summed E-state index contributed by atoms with van der Waals surface area (Å²) < 4.78 is 0. The molecule has 3 aromatic rings. The van der Waals surface area contributed by atoms with Crippen molar-refractivity contribution in [1.29, 1.82) is 0 Å². The summed E-state index contributed by atoms with van der Waals surface area (Å²) in [7, 11) is 1.76. The third-order valence-electron chi connectivity index (χ3n) is 4.93. The third kappa shape index (κ3) is 5.93. The number of amides is 1. The number of hydrogen-bond donors (Lipinski definition) is 3. The average Bonchev–Trinajstić information content (AvgIpc) is 3.25. The molecular formula is C22H28N8O2S. The van der Waals surface area contributed by atoms with Gasteiger partial charge in [-0.2, -0.15) is 0 Å². The molecule has 3 heterocycles. The van der Waals surface area contributed by atoms with E-state index in [1.807, 2.05) is 27.7 Å². The zero-order chi connectivity index (χ0) is 24.2. The van der Waals surface area contributed by atoms with Crippen molar-refractivity contribution in [2.24, 2.45) is 0 Å². The number of thiazole rings is 1. The molecule has 1 atom stereocenters. The summed E-state index contributed by atoms with van der Waals surface area (Å²) in [5.74, 6) is 0.0445. The zero-order valence-corrected chi connectivity index (χ0v) is 20.2. The summed E-state index contributed by atoms with van der Waals surface area (Å²) >= 11 is 1.24. The lowest BCUT2D eigenvalue weighted by Crippen LogP contribution is -2.17. The van der Waals surface area contributed by atoms with Crippen LogP contribution in [0, 0.1) is 0 Å². The molecule has 0 saturated carbocycles. The summed E-state index contributed by atoms with van der Waals surface area (Å²) in [6, 6.07) is 1.76. The van der Waals surface area contributed by atoms with Gasteiger partial charge in [-0.05, 0) is 7.05 Å². The van der Waals surface area contributed by atoms with Gasteiger partial charge in [0.2, 0.25) is 0 Å². The van der Waals surface area contributed by atoms with Crippen molar-refractivity contribution in [3.8, 4) is 0 Å². The number of ketones is 1. The Morgan fingerprint density at radius 2 is 1.85 bits per heavy atom. The quantitative estimate of drug-likeness (QED) is 0.424. The van der Waals surface area contributed by atoms with E-state index in [-0.39, 0.29) is 35.3 Å². The number of nitrogens with two attached hydrogens (primary N) is 1. The van der Waals surface area contributed by atoms with Gasteiger partial charge in [-0.15, -0.1) is 11.3 Å². The van der Waals surface area contributed by atoms with Crippen LogP contribution in [-0.4, -0.2) is 43.7 Å². The summed E-state index contributed by atoms with van der Waals surface area (Å²) in [6.07, 6.45) is 4.42. The predicted molar refractivity (Wildman–Crippen MR) is 127 cm³/mol. The Labute approximate surface area is 196 Å². The van der Waals surface area contributed by atoms with E-state index >= 15 is 0 Å². The first-order valence-corrected chi connectivity index (χ1v) is 11.3. The van der Waals surface area contributed by atoms with E-state index in [0.29, 0.717) is 33.5 Å². The topological polar surface area (TPSA) is 149 Å². The third-order valence-corrected chi connectivity index (χ3v) is 6.16. The van der Waals surface area contributed by atoms with E-state index in [1.165, 1.54) is 30.2 Å². The molecule has 0 saturated heterocycles. The lowest BCUT2D eigenvalue weighted by molar-refractivity contribution is 0.0968. The van der Waals surface area contributed by atoms with Crippen LogP contribution in [0.25, 0.3) is 0 Å². The van der Waals surface area contributed by atoms with Crippen molar-refractivity contribution < 1.29 is 9.59 Å². The first kappa shape index (κ1) is 24.3. The van der Waals surface area contributed by atoms with Gasteiger partial charge in [0.15, 0.2) is 5.78 Å². The van der Waals surface area contributed by atoms with Gasteiger partial charge in [-0.1, -0.05) is 27.7 Å². The fourth-order valence-electron chi connectivity index (χ4n) is 3.11. The smallest absolute Gasteiger partial charge is 0.268 e. The van der Waals surface area contributed by atoms with Crippen molar-refractivity contribution in [3.63, 3.8) is 0 Å². The van der Waals surface area contributed by atoms with Gasteiger partial charge in [-0.3, -0.25) is 9.59 Å². The van der Waals surface area contributed by atoms with Crippen molar-refractivity contribution >= 4 is 34.7 Å². The predicted octanol–water partition coefficient (Wildman–Crippen LogP) is 2.95. The van der Waals surface area contributed by atoms with Gasteiger partial charge in [-0.25, -0.2) is 24.9 Å². The molecule has 4 N–H and O–H groups in total. The number of aromatic nitrogens is 5. The second kappa shape index (κ2) is 10.1. The minimum atomic E-state index is -0.310. The highest BCUT2D eigenvalue weighted by Crippen LogP contribution is 2.27. The number of Topliss-reactive ketones (excluding diaryl/α,β-unsaturated/α-hetero) is 1. The van der Waals surface area contributed by atoms with Gasteiger partial charge in [0, 0.05) is 35.9 Å². The van der Waals surface area contributed by atoms with Crippen LogP contribution in [0.1, 0.15) is 76.5 Å². The van der Waals surface area contributed by atoms with Gasteiger partial charge in [0.25, 0.3) is 5.91 Å². The molecule has 33 heavy (non-hydrogen) atoms. The number of rotatable bonds is 8. The molecule has 1 unspecified atom stereocenters. The van der Waals surface area contributed by atoms with Gasteiger partial charge in [0.1, 0.15) is 34.9 Å². The first-order valence-electron chi connectivity index (χ1n) is 10.5. The summed E-state index contributed by atoms with van der Waals surface area (Å²) in [5.41, 5.74) is 7.46. The number of nitrogens with zero attached hydrogens (tertiary/aromatic N) is 5. The summed E-state index contributed by atoms with van der Waals surface area (Å²) in [5, 5.41) is 6.45. The Morgan fingerprint density at radius 3 is 2.55 bits per heavy atom. The van der Waals surface area contributed by atoms with E-state index < -0.39 is 0 Å². The Balaban J connectivity index is 1.69. The van der Waals surface area contributed by atoms with Crippen LogP contribution >= 0.6 is 11.3 Å². The van der Waals surface area contributed by atoms with E-state index in [4.69, 9.17) is 5.73 Å². The van der Waals surface area contributed by atoms with Crippen LogP contribution < -0.4 is 16.4 Å². The van der Waals surface area contributed by atoms with Crippen molar-refractivity contribution in [2.45, 2.75) is 52.0 Å². The van der Waals surface area contributed by atoms with E-state index in [9.17, 15) is 9.59 Å². The highest BCUT2D eigenvalue weighted by atomic mass is 32.1. The largest absolute Gasteiger partial charge is 0.383 e. The molecule has 0 aliphatic rings. The van der Waals surface area contributed by atoms with Crippen LogP contribution in [-0.2, 0) is 12.0 Å². The highest BCUT2D eigenvalue weighted by molar-refractivity contribution is 7.13. The molecule has 0 aliphatic carbocycles. The van der Waals surface area contributed by atoms with Crippen LogP contribution in [0.4, 0.5) is 11.6 Å². The summed E-state index contributed by atoms with van der Waals surface area (Å²) in [4.78, 5) is 46.9. The lowest BCUT2D eigenvalue weighted by Gasteiger charge is -2.17. The number of nitrogens with one attached hydrogen (secondary N) is 2. The van der Waals surface area contributed by atoms with Crippen LogP contribution in [0.3, 0.4) is 0 Å².